The molecule has 3 nitrogen and oxygen atoms in total. The molecule has 0 spiro atoms. The van der Waals surface area contributed by atoms with Crippen molar-refractivity contribution in [1.82, 2.24) is 10.6 Å². The molecule has 0 saturated carbocycles. The zero-order chi connectivity index (χ0) is 13.8. The number of nitrogens with one attached hydrogen (secondary N) is 2. The predicted octanol–water partition coefficient (Wildman–Crippen LogP) is 3.90. The molecule has 1 aliphatic carbocycles. The predicted molar refractivity (Wildman–Crippen MR) is 78.4 cm³/mol. The molecule has 0 unspecified atom stereocenters. The van der Waals surface area contributed by atoms with Crippen LogP contribution in [0.15, 0.2) is 35.6 Å². The van der Waals surface area contributed by atoms with E-state index in [1.807, 2.05) is 31.2 Å². The molecule has 102 valence electrons. The zero-order valence-electron chi connectivity index (χ0n) is 12.0. The van der Waals surface area contributed by atoms with Crippen molar-refractivity contribution in [3.8, 4) is 0 Å². The summed E-state index contributed by atoms with van der Waals surface area (Å²) in [5.74, 6) is 0. The van der Waals surface area contributed by atoms with Gasteiger partial charge in [-0.05, 0) is 26.3 Å². The molecule has 0 bridgehead atoms. The minimum absolute atomic E-state index is 0.150. The Labute approximate surface area is 111 Å². The molecule has 2 amide bonds. The Morgan fingerprint density at radius 3 is 2.50 bits per heavy atom. The lowest BCUT2D eigenvalue weighted by atomic mass is 10.2. The molecule has 0 atom stereocenters. The summed E-state index contributed by atoms with van der Waals surface area (Å²) in [6.07, 6.45) is 11.4. The quantitative estimate of drug-likeness (QED) is 0.783. The molecule has 2 N–H and O–H groups in total. The van der Waals surface area contributed by atoms with Crippen molar-refractivity contribution in [2.45, 2.75) is 47.0 Å². The van der Waals surface area contributed by atoms with Crippen LogP contribution in [0.3, 0.4) is 0 Å². The van der Waals surface area contributed by atoms with Crippen LogP contribution in [-0.2, 0) is 0 Å². The van der Waals surface area contributed by atoms with Crippen molar-refractivity contribution in [1.29, 1.82) is 0 Å². The van der Waals surface area contributed by atoms with Gasteiger partial charge in [0.05, 0.1) is 0 Å². The van der Waals surface area contributed by atoms with Gasteiger partial charge in [-0.2, -0.15) is 0 Å². The number of hydrogen-bond acceptors (Lipinski definition) is 1. The largest absolute Gasteiger partial charge is 0.338 e. The van der Waals surface area contributed by atoms with E-state index in [4.69, 9.17) is 0 Å². The summed E-state index contributed by atoms with van der Waals surface area (Å²) in [6, 6.07) is -0.150. The molecule has 0 aromatic rings. The Balaban J connectivity index is 0.000000631. The highest BCUT2D eigenvalue weighted by Gasteiger charge is 2.00. The molecule has 1 rings (SSSR count). The lowest BCUT2D eigenvalue weighted by Gasteiger charge is -2.05. The Kier molecular flexibility index (Phi) is 9.74. The average molecular weight is 250 g/mol. The van der Waals surface area contributed by atoms with Crippen LogP contribution in [0.4, 0.5) is 4.79 Å². The van der Waals surface area contributed by atoms with Gasteiger partial charge >= 0.3 is 6.03 Å². The molecule has 1 aliphatic rings. The summed E-state index contributed by atoms with van der Waals surface area (Å²) in [7, 11) is 0. The van der Waals surface area contributed by atoms with E-state index < -0.39 is 0 Å². The van der Waals surface area contributed by atoms with Crippen LogP contribution in [0.1, 0.15) is 47.0 Å². The molecule has 0 heterocycles. The third-order valence-electron chi connectivity index (χ3n) is 2.40. The van der Waals surface area contributed by atoms with E-state index in [1.54, 1.807) is 0 Å². The Bertz CT molecular complexity index is 325. The van der Waals surface area contributed by atoms with Gasteiger partial charge in [0.15, 0.2) is 0 Å². The summed E-state index contributed by atoms with van der Waals surface area (Å²) in [5, 5.41) is 5.45. The van der Waals surface area contributed by atoms with E-state index >= 15 is 0 Å². The summed E-state index contributed by atoms with van der Waals surface area (Å²) in [5.41, 5.74) is 2.14. The van der Waals surface area contributed by atoms with Crippen LogP contribution >= 0.6 is 0 Å². The van der Waals surface area contributed by atoms with Gasteiger partial charge in [0.2, 0.25) is 0 Å². The first-order valence-corrected chi connectivity index (χ1v) is 6.72. The van der Waals surface area contributed by atoms with Gasteiger partial charge in [0.25, 0.3) is 0 Å². The zero-order valence-corrected chi connectivity index (χ0v) is 12.0. The maximum atomic E-state index is 11.2. The highest BCUT2D eigenvalue weighted by molar-refractivity contribution is 5.76. The first kappa shape index (κ1) is 16.5. The fourth-order valence-electron chi connectivity index (χ4n) is 1.15. The number of rotatable bonds is 3. The molecule has 3 heteroatoms. The first-order valence-electron chi connectivity index (χ1n) is 6.72. The minimum Gasteiger partial charge on any atom is -0.338 e. The van der Waals surface area contributed by atoms with Crippen molar-refractivity contribution in [3.05, 3.63) is 35.6 Å². The number of carbonyl (C=O) groups is 1. The SMILES string of the molecule is CCCC.CCNC(=O)NC1=CCC(C)=CC=C1. The number of allylic oxidation sites excluding steroid dienone is 5. The fraction of sp³-hybridized carbons (Fsp3) is 0.533. The van der Waals surface area contributed by atoms with Gasteiger partial charge in [-0.1, -0.05) is 50.5 Å². The summed E-state index contributed by atoms with van der Waals surface area (Å²) >= 11 is 0. The van der Waals surface area contributed by atoms with Crippen molar-refractivity contribution in [2.75, 3.05) is 6.54 Å². The van der Waals surface area contributed by atoms with E-state index in [-0.39, 0.29) is 6.03 Å². The van der Waals surface area contributed by atoms with Crippen molar-refractivity contribution in [3.63, 3.8) is 0 Å². The van der Waals surface area contributed by atoms with E-state index in [1.165, 1.54) is 18.4 Å². The summed E-state index contributed by atoms with van der Waals surface area (Å²) in [6.45, 7) is 8.96. The molecule has 0 saturated heterocycles. The van der Waals surface area contributed by atoms with Crippen LogP contribution in [0, 0.1) is 0 Å². The average Bonchev–Trinajstić information content (AvgIpc) is 2.55. The Morgan fingerprint density at radius 2 is 1.94 bits per heavy atom. The Morgan fingerprint density at radius 1 is 1.28 bits per heavy atom. The molecular formula is C15H26N2O. The second kappa shape index (κ2) is 10.6. The maximum Gasteiger partial charge on any atom is 0.319 e. The maximum absolute atomic E-state index is 11.2. The lowest BCUT2D eigenvalue weighted by molar-refractivity contribution is 0.244. The smallest absolute Gasteiger partial charge is 0.319 e. The Hall–Kier alpha value is -1.51. The van der Waals surface area contributed by atoms with Crippen LogP contribution in [0.5, 0.6) is 0 Å². The molecule has 0 fully saturated rings. The van der Waals surface area contributed by atoms with Crippen LogP contribution in [0.25, 0.3) is 0 Å². The lowest BCUT2D eigenvalue weighted by Crippen LogP contribution is -2.34. The van der Waals surface area contributed by atoms with Crippen molar-refractivity contribution >= 4 is 6.03 Å². The summed E-state index contributed by atoms with van der Waals surface area (Å²) < 4.78 is 0. The minimum atomic E-state index is -0.150. The summed E-state index contributed by atoms with van der Waals surface area (Å²) in [4.78, 5) is 11.2. The molecule has 0 radical (unpaired) electrons. The third-order valence-corrected chi connectivity index (χ3v) is 2.40. The monoisotopic (exact) mass is 250 g/mol. The van der Waals surface area contributed by atoms with E-state index in [2.05, 4.69) is 31.4 Å². The first-order chi connectivity index (χ1) is 8.63. The molecule has 18 heavy (non-hydrogen) atoms. The molecule has 0 aliphatic heterocycles. The van der Waals surface area contributed by atoms with E-state index in [0.717, 1.165) is 12.1 Å². The van der Waals surface area contributed by atoms with Gasteiger partial charge in [0, 0.05) is 12.2 Å². The van der Waals surface area contributed by atoms with Crippen LogP contribution in [0.2, 0.25) is 0 Å². The number of carbonyl (C=O) groups excluding carboxylic acids is 1. The van der Waals surface area contributed by atoms with Gasteiger partial charge in [-0.3, -0.25) is 0 Å². The van der Waals surface area contributed by atoms with Gasteiger partial charge < -0.3 is 10.6 Å². The number of hydrogen-bond donors (Lipinski definition) is 2. The fourth-order valence-corrected chi connectivity index (χ4v) is 1.15. The molecule has 0 aromatic carbocycles. The second-order valence-corrected chi connectivity index (χ2v) is 4.22. The normalized spacial score (nSPS) is 13.6. The van der Waals surface area contributed by atoms with Crippen molar-refractivity contribution in [2.24, 2.45) is 0 Å². The standard InChI is InChI=1S/C11H16N2O.C4H10/c1-3-12-11(14)13-10-6-4-5-9(2)7-8-10;1-3-4-2/h4-6,8H,3,7H2,1-2H3,(H2,12,13,14);3-4H2,1-2H3. The van der Waals surface area contributed by atoms with Gasteiger partial charge in [-0.15, -0.1) is 0 Å². The third kappa shape index (κ3) is 8.62. The second-order valence-electron chi connectivity index (χ2n) is 4.22. The van der Waals surface area contributed by atoms with Crippen molar-refractivity contribution < 1.29 is 4.79 Å². The highest BCUT2D eigenvalue weighted by atomic mass is 16.2. The topological polar surface area (TPSA) is 41.1 Å². The number of urea groups is 1. The number of unbranched alkanes of at least 4 members (excludes halogenated alkanes) is 1. The number of amides is 2. The van der Waals surface area contributed by atoms with Crippen LogP contribution in [-0.4, -0.2) is 12.6 Å². The molecule has 0 aromatic heterocycles. The van der Waals surface area contributed by atoms with Gasteiger partial charge in [0.1, 0.15) is 0 Å². The molecular weight excluding hydrogens is 224 g/mol. The van der Waals surface area contributed by atoms with Gasteiger partial charge in [-0.25, -0.2) is 4.79 Å². The van der Waals surface area contributed by atoms with Crippen LogP contribution < -0.4 is 10.6 Å². The van der Waals surface area contributed by atoms with E-state index in [9.17, 15) is 4.79 Å². The highest BCUT2D eigenvalue weighted by Crippen LogP contribution is 2.08. The van der Waals surface area contributed by atoms with E-state index in [0.29, 0.717) is 6.54 Å².